The first kappa shape index (κ1) is 28.5. The SMILES string of the molecule is COc1cc(N2CCC(Oc3ccc(C4CC4)cc3)C2=O)ccc1OCC(C)(C)OCOCC[Si](C)(C)C. The maximum absolute atomic E-state index is 13.1. The smallest absolute Gasteiger partial charge is 0.268 e. The molecule has 2 fully saturated rings. The van der Waals surface area contributed by atoms with E-state index in [0.717, 1.165) is 24.1 Å². The third-order valence-electron chi connectivity index (χ3n) is 6.93. The van der Waals surface area contributed by atoms with Crippen LogP contribution < -0.4 is 19.1 Å². The summed E-state index contributed by atoms with van der Waals surface area (Å²) in [7, 11) is 0.482. The monoisotopic (exact) mass is 541 g/mol. The van der Waals surface area contributed by atoms with Crippen molar-refractivity contribution in [3.05, 3.63) is 48.0 Å². The van der Waals surface area contributed by atoms with Gasteiger partial charge in [-0.2, -0.15) is 0 Å². The summed E-state index contributed by atoms with van der Waals surface area (Å²) in [5.74, 6) is 2.56. The highest BCUT2D eigenvalue weighted by Crippen LogP contribution is 2.40. The van der Waals surface area contributed by atoms with Crippen LogP contribution in [0, 0.1) is 0 Å². The summed E-state index contributed by atoms with van der Waals surface area (Å²) >= 11 is 0. The Hall–Kier alpha value is -2.55. The number of nitrogens with zero attached hydrogens (tertiary/aromatic N) is 1. The van der Waals surface area contributed by atoms with Crippen LogP contribution in [0.3, 0.4) is 0 Å². The van der Waals surface area contributed by atoms with E-state index < -0.39 is 19.8 Å². The molecule has 0 bridgehead atoms. The first-order valence-corrected chi connectivity index (χ1v) is 17.4. The third-order valence-corrected chi connectivity index (χ3v) is 8.63. The second kappa shape index (κ2) is 12.1. The van der Waals surface area contributed by atoms with Crippen LogP contribution >= 0.6 is 0 Å². The van der Waals surface area contributed by atoms with Crippen molar-refractivity contribution in [1.29, 1.82) is 0 Å². The molecule has 0 spiro atoms. The van der Waals surface area contributed by atoms with Gasteiger partial charge >= 0.3 is 0 Å². The molecule has 1 amide bonds. The topological polar surface area (TPSA) is 66.5 Å². The number of carbonyl (C=O) groups is 1. The standard InChI is InChI=1S/C30H43NO6Si/c1-30(2,36-21-34-17-18-38(4,5)6)20-35-26-14-11-24(19-28(26)33-3)31-16-15-27(29(31)32)37-25-12-9-23(10-13-25)22-7-8-22/h9-14,19,22,27H,7-8,15-18,20-21H2,1-6H3. The minimum atomic E-state index is -1.12. The predicted molar refractivity (Wildman–Crippen MR) is 152 cm³/mol. The van der Waals surface area contributed by atoms with Gasteiger partial charge in [-0.25, -0.2) is 0 Å². The number of amides is 1. The highest BCUT2D eigenvalue weighted by Gasteiger charge is 2.35. The normalized spacial score (nSPS) is 18.1. The number of hydrogen-bond donors (Lipinski definition) is 0. The molecule has 208 valence electrons. The number of methoxy groups -OCH3 is 1. The summed E-state index contributed by atoms with van der Waals surface area (Å²) < 4.78 is 29.3. The molecule has 1 saturated heterocycles. The maximum atomic E-state index is 13.1. The van der Waals surface area contributed by atoms with Crippen LogP contribution in [0.5, 0.6) is 17.2 Å². The number of ether oxygens (including phenoxy) is 5. The van der Waals surface area contributed by atoms with E-state index in [2.05, 4.69) is 31.8 Å². The Kier molecular flexibility index (Phi) is 9.06. The molecule has 8 heteroatoms. The number of carbonyl (C=O) groups excluding carboxylic acids is 1. The lowest BCUT2D eigenvalue weighted by Gasteiger charge is -2.26. The van der Waals surface area contributed by atoms with E-state index in [1.165, 1.54) is 18.4 Å². The van der Waals surface area contributed by atoms with Gasteiger partial charge in [0.15, 0.2) is 17.6 Å². The lowest BCUT2D eigenvalue weighted by atomic mass is 10.1. The molecule has 1 aliphatic carbocycles. The zero-order valence-electron chi connectivity index (χ0n) is 23.7. The quantitative estimate of drug-likeness (QED) is 0.160. The Morgan fingerprint density at radius 3 is 2.39 bits per heavy atom. The Morgan fingerprint density at radius 1 is 1.00 bits per heavy atom. The zero-order chi connectivity index (χ0) is 27.3. The molecule has 0 aromatic heterocycles. The summed E-state index contributed by atoms with van der Waals surface area (Å²) in [5, 5.41) is 0. The van der Waals surface area contributed by atoms with Crippen LogP contribution in [0.4, 0.5) is 5.69 Å². The van der Waals surface area contributed by atoms with E-state index in [-0.39, 0.29) is 12.7 Å². The maximum Gasteiger partial charge on any atom is 0.268 e. The molecule has 1 unspecified atom stereocenters. The van der Waals surface area contributed by atoms with Crippen molar-refractivity contribution in [3.63, 3.8) is 0 Å². The zero-order valence-corrected chi connectivity index (χ0v) is 24.7. The highest BCUT2D eigenvalue weighted by molar-refractivity contribution is 6.76. The van der Waals surface area contributed by atoms with Gasteiger partial charge in [0.2, 0.25) is 0 Å². The van der Waals surface area contributed by atoms with Gasteiger partial charge in [0.25, 0.3) is 5.91 Å². The van der Waals surface area contributed by atoms with Crippen LogP contribution in [0.25, 0.3) is 0 Å². The molecule has 2 aromatic carbocycles. The molecule has 2 aliphatic rings. The minimum absolute atomic E-state index is 0.0457. The molecule has 0 N–H and O–H groups in total. The third kappa shape index (κ3) is 7.98. The van der Waals surface area contributed by atoms with E-state index in [4.69, 9.17) is 23.7 Å². The van der Waals surface area contributed by atoms with E-state index in [9.17, 15) is 4.79 Å². The Bertz CT molecular complexity index is 1080. The largest absolute Gasteiger partial charge is 0.493 e. The van der Waals surface area contributed by atoms with Crippen molar-refractivity contribution in [3.8, 4) is 17.2 Å². The molecular formula is C30H43NO6Si. The first-order chi connectivity index (χ1) is 18.0. The van der Waals surface area contributed by atoms with E-state index in [1.54, 1.807) is 12.0 Å². The molecule has 2 aromatic rings. The lowest BCUT2D eigenvalue weighted by Crippen LogP contribution is -2.33. The second-order valence-electron chi connectivity index (χ2n) is 12.1. The van der Waals surface area contributed by atoms with Gasteiger partial charge in [-0.05, 0) is 68.5 Å². The summed E-state index contributed by atoms with van der Waals surface area (Å²) in [6.07, 6.45) is 2.68. The van der Waals surface area contributed by atoms with Gasteiger partial charge in [-0.15, -0.1) is 0 Å². The number of hydrogen-bond acceptors (Lipinski definition) is 6. The molecule has 4 rings (SSSR count). The van der Waals surface area contributed by atoms with Crippen molar-refractivity contribution in [2.45, 2.75) is 76.4 Å². The summed E-state index contributed by atoms with van der Waals surface area (Å²) in [6.45, 7) is 12.8. The van der Waals surface area contributed by atoms with Gasteiger partial charge in [0.1, 0.15) is 19.1 Å². The average Bonchev–Trinajstić information content (AvgIpc) is 3.66. The van der Waals surface area contributed by atoms with Crippen molar-refractivity contribution < 1.29 is 28.5 Å². The van der Waals surface area contributed by atoms with E-state index in [0.29, 0.717) is 37.0 Å². The van der Waals surface area contributed by atoms with Crippen LogP contribution in [0.1, 0.15) is 44.6 Å². The lowest BCUT2D eigenvalue weighted by molar-refractivity contribution is -0.137. The number of rotatable bonds is 14. The molecule has 7 nitrogen and oxygen atoms in total. The molecule has 38 heavy (non-hydrogen) atoms. The first-order valence-electron chi connectivity index (χ1n) is 13.7. The van der Waals surface area contributed by atoms with Crippen LogP contribution in [0.15, 0.2) is 42.5 Å². The fourth-order valence-corrected chi connectivity index (χ4v) is 5.05. The summed E-state index contributed by atoms with van der Waals surface area (Å²) in [4.78, 5) is 14.9. The average molecular weight is 542 g/mol. The van der Waals surface area contributed by atoms with Crippen molar-refractivity contribution in [2.24, 2.45) is 0 Å². The second-order valence-corrected chi connectivity index (χ2v) is 17.7. The van der Waals surface area contributed by atoms with Crippen molar-refractivity contribution in [1.82, 2.24) is 0 Å². The van der Waals surface area contributed by atoms with Crippen molar-refractivity contribution in [2.75, 3.05) is 38.6 Å². The molecule has 1 heterocycles. The van der Waals surface area contributed by atoms with Crippen LogP contribution in [0.2, 0.25) is 25.7 Å². The van der Waals surface area contributed by atoms with Gasteiger partial charge in [0.05, 0.1) is 12.7 Å². The van der Waals surface area contributed by atoms with Gasteiger partial charge in [-0.3, -0.25) is 4.79 Å². The molecule has 1 saturated carbocycles. The van der Waals surface area contributed by atoms with Gasteiger partial charge < -0.3 is 28.6 Å². The van der Waals surface area contributed by atoms with Crippen LogP contribution in [-0.4, -0.2) is 59.3 Å². The van der Waals surface area contributed by atoms with Gasteiger partial charge in [0, 0.05) is 39.4 Å². The molecule has 0 radical (unpaired) electrons. The summed E-state index contributed by atoms with van der Waals surface area (Å²) in [6, 6.07) is 14.9. The van der Waals surface area contributed by atoms with Gasteiger partial charge in [-0.1, -0.05) is 31.8 Å². The van der Waals surface area contributed by atoms with E-state index >= 15 is 0 Å². The Morgan fingerprint density at radius 2 is 1.74 bits per heavy atom. The molecule has 1 aliphatic heterocycles. The Balaban J connectivity index is 1.29. The molecular weight excluding hydrogens is 498 g/mol. The predicted octanol–water partition coefficient (Wildman–Crippen LogP) is 6.24. The summed E-state index contributed by atoms with van der Waals surface area (Å²) in [5.41, 5.74) is 1.59. The number of anilines is 1. The fourth-order valence-electron chi connectivity index (χ4n) is 4.29. The number of benzene rings is 2. The van der Waals surface area contributed by atoms with Crippen molar-refractivity contribution >= 4 is 19.7 Å². The fraction of sp³-hybridized carbons (Fsp3) is 0.567. The molecule has 1 atom stereocenters. The Labute approximate surface area is 228 Å². The van der Waals surface area contributed by atoms with E-state index in [1.807, 2.05) is 44.2 Å². The van der Waals surface area contributed by atoms with Crippen LogP contribution in [-0.2, 0) is 14.3 Å². The minimum Gasteiger partial charge on any atom is -0.493 e. The highest BCUT2D eigenvalue weighted by atomic mass is 28.3.